The lowest BCUT2D eigenvalue weighted by atomic mass is 9.98. The number of alkyl halides is 1. The second kappa shape index (κ2) is 11.6. The van der Waals surface area contributed by atoms with Crippen molar-refractivity contribution in [1.29, 1.82) is 0 Å². The molecule has 220 valence electrons. The first-order valence-electron chi connectivity index (χ1n) is 13.5. The maximum absolute atomic E-state index is 15.8. The Labute approximate surface area is 248 Å². The van der Waals surface area contributed by atoms with Crippen molar-refractivity contribution in [2.45, 2.75) is 38.0 Å². The number of aldehydes is 1. The van der Waals surface area contributed by atoms with Crippen LogP contribution in [0, 0.1) is 12.7 Å². The molecule has 1 N–H and O–H groups in total. The van der Waals surface area contributed by atoms with Gasteiger partial charge in [-0.3, -0.25) is 14.7 Å². The Morgan fingerprint density at radius 3 is 2.67 bits per heavy atom. The van der Waals surface area contributed by atoms with E-state index in [1.54, 1.807) is 54.2 Å². The molecule has 0 spiro atoms. The van der Waals surface area contributed by atoms with Crippen molar-refractivity contribution in [3.63, 3.8) is 0 Å². The molecule has 3 atom stereocenters. The number of carboxylic acids is 1. The second-order valence-corrected chi connectivity index (χ2v) is 10.7. The fraction of sp³-hybridized carbons (Fsp3) is 0.267. The lowest BCUT2D eigenvalue weighted by Gasteiger charge is -2.38. The molecule has 0 aliphatic carbocycles. The number of nitrogens with zero attached hydrogens (tertiary/aromatic N) is 6. The van der Waals surface area contributed by atoms with E-state index < -0.39 is 30.0 Å². The standard InChI is InChI=1S/C30H25ClF2N6O4/c1-16-37-25-14-36-24-13-22(32)19(18-4-3-17(11-21(18)31)43-30-34-7-2-8-35-30)12-20(24)28(25)39(16)26-5-9-38(15-23(26)33)27(6-10-40)29(41)42/h2-4,7-8,10-14,23,26-27H,5-6,9,15H2,1H3,(H,41,42)/t23-,26-,27?/m0/s1. The molecule has 3 aromatic heterocycles. The van der Waals surface area contributed by atoms with Gasteiger partial charge in [0.15, 0.2) is 0 Å². The fourth-order valence-corrected chi connectivity index (χ4v) is 6.01. The highest BCUT2D eigenvalue weighted by Gasteiger charge is 2.37. The molecule has 2 aromatic carbocycles. The van der Waals surface area contributed by atoms with E-state index in [1.165, 1.54) is 17.2 Å². The van der Waals surface area contributed by atoms with Crippen LogP contribution in [-0.2, 0) is 9.59 Å². The van der Waals surface area contributed by atoms with E-state index in [1.807, 2.05) is 0 Å². The molecule has 0 radical (unpaired) electrons. The Morgan fingerprint density at radius 1 is 1.19 bits per heavy atom. The molecule has 0 saturated carbocycles. The van der Waals surface area contributed by atoms with Gasteiger partial charge in [-0.05, 0) is 37.6 Å². The smallest absolute Gasteiger partial charge is 0.321 e. The van der Waals surface area contributed by atoms with Crippen LogP contribution in [0.15, 0.2) is 55.0 Å². The Kier molecular flexibility index (Phi) is 7.72. The van der Waals surface area contributed by atoms with Gasteiger partial charge in [-0.1, -0.05) is 11.6 Å². The Bertz CT molecular complexity index is 1850. The van der Waals surface area contributed by atoms with Crippen LogP contribution in [0.5, 0.6) is 11.8 Å². The first kappa shape index (κ1) is 28.6. The van der Waals surface area contributed by atoms with Gasteiger partial charge in [-0.2, -0.15) is 0 Å². The molecule has 10 nitrogen and oxygen atoms in total. The van der Waals surface area contributed by atoms with Crippen LogP contribution < -0.4 is 4.74 Å². The molecule has 6 rings (SSSR count). The third-order valence-corrected chi connectivity index (χ3v) is 7.99. The lowest BCUT2D eigenvalue weighted by Crippen LogP contribution is -2.50. The highest BCUT2D eigenvalue weighted by Crippen LogP contribution is 2.39. The molecular weight excluding hydrogens is 582 g/mol. The van der Waals surface area contributed by atoms with Crippen molar-refractivity contribution < 1.29 is 28.2 Å². The number of likely N-dealkylation sites (tertiary alicyclic amines) is 1. The summed E-state index contributed by atoms with van der Waals surface area (Å²) in [6.45, 7) is 1.87. The number of piperidine rings is 1. The fourth-order valence-electron chi connectivity index (χ4n) is 5.73. The van der Waals surface area contributed by atoms with Gasteiger partial charge >= 0.3 is 12.0 Å². The number of aryl methyl sites for hydroxylation is 1. The molecule has 5 aromatic rings. The zero-order valence-corrected chi connectivity index (χ0v) is 23.6. The van der Waals surface area contributed by atoms with Crippen LogP contribution in [0.4, 0.5) is 8.78 Å². The molecule has 1 aliphatic heterocycles. The SMILES string of the molecule is Cc1nc2cnc3cc(F)c(-c4ccc(Oc5ncccn5)cc4Cl)cc3c2n1[C@H]1CCN(C(CC=O)C(=O)O)C[C@@H]1F. The van der Waals surface area contributed by atoms with E-state index in [4.69, 9.17) is 16.3 Å². The van der Waals surface area contributed by atoms with E-state index in [0.29, 0.717) is 45.4 Å². The highest BCUT2D eigenvalue weighted by molar-refractivity contribution is 6.33. The number of carboxylic acid groups (broad SMARTS) is 1. The summed E-state index contributed by atoms with van der Waals surface area (Å²) < 4.78 is 38.7. The molecule has 13 heteroatoms. The number of carbonyl (C=O) groups is 2. The van der Waals surface area contributed by atoms with Crippen molar-refractivity contribution in [2.24, 2.45) is 0 Å². The topological polar surface area (TPSA) is 123 Å². The summed E-state index contributed by atoms with van der Waals surface area (Å²) in [7, 11) is 0. The number of pyridine rings is 1. The summed E-state index contributed by atoms with van der Waals surface area (Å²) >= 11 is 6.59. The maximum Gasteiger partial charge on any atom is 0.321 e. The summed E-state index contributed by atoms with van der Waals surface area (Å²) in [5.74, 6) is -0.796. The van der Waals surface area contributed by atoms with Gasteiger partial charge in [0.2, 0.25) is 0 Å². The summed E-state index contributed by atoms with van der Waals surface area (Å²) in [6.07, 6.45) is 3.76. The molecule has 1 saturated heterocycles. The Hall–Kier alpha value is -4.55. The number of carbonyl (C=O) groups excluding carboxylic acids is 1. The number of hydrogen-bond donors (Lipinski definition) is 1. The van der Waals surface area contributed by atoms with Crippen LogP contribution in [0.25, 0.3) is 33.1 Å². The van der Waals surface area contributed by atoms with Crippen LogP contribution >= 0.6 is 11.6 Å². The van der Waals surface area contributed by atoms with Crippen molar-refractivity contribution in [3.05, 3.63) is 71.7 Å². The van der Waals surface area contributed by atoms with Crippen molar-refractivity contribution in [2.75, 3.05) is 13.1 Å². The number of rotatable bonds is 8. The zero-order chi connectivity index (χ0) is 30.2. The van der Waals surface area contributed by atoms with Gasteiger partial charge in [0.25, 0.3) is 0 Å². The van der Waals surface area contributed by atoms with Crippen molar-refractivity contribution >= 4 is 45.8 Å². The number of aliphatic carboxylic acids is 1. The predicted octanol–water partition coefficient (Wildman–Crippen LogP) is 5.56. The van der Waals surface area contributed by atoms with Crippen LogP contribution in [0.2, 0.25) is 5.02 Å². The molecule has 43 heavy (non-hydrogen) atoms. The number of imidazole rings is 1. The first-order valence-corrected chi connectivity index (χ1v) is 13.9. The monoisotopic (exact) mass is 606 g/mol. The maximum atomic E-state index is 15.8. The number of benzene rings is 2. The summed E-state index contributed by atoms with van der Waals surface area (Å²) in [5, 5.41) is 10.3. The Balaban J connectivity index is 1.39. The number of fused-ring (bicyclic) bond motifs is 3. The van der Waals surface area contributed by atoms with E-state index in [9.17, 15) is 14.7 Å². The van der Waals surface area contributed by atoms with E-state index in [2.05, 4.69) is 19.9 Å². The van der Waals surface area contributed by atoms with Crippen molar-refractivity contribution in [1.82, 2.24) is 29.4 Å². The average molecular weight is 607 g/mol. The molecule has 0 amide bonds. The van der Waals surface area contributed by atoms with E-state index in [-0.39, 0.29) is 42.5 Å². The number of ether oxygens (including phenoxy) is 1. The third-order valence-electron chi connectivity index (χ3n) is 7.68. The van der Waals surface area contributed by atoms with Gasteiger partial charge < -0.3 is 19.2 Å². The molecule has 1 unspecified atom stereocenters. The second-order valence-electron chi connectivity index (χ2n) is 10.3. The summed E-state index contributed by atoms with van der Waals surface area (Å²) in [4.78, 5) is 41.3. The highest BCUT2D eigenvalue weighted by atomic mass is 35.5. The molecule has 1 fully saturated rings. The molecule has 4 heterocycles. The van der Waals surface area contributed by atoms with E-state index >= 15 is 8.78 Å². The van der Waals surface area contributed by atoms with Gasteiger partial charge in [-0.25, -0.2) is 23.7 Å². The molecular formula is C30H25ClF2N6O4. The minimum absolute atomic E-state index is 0.138. The van der Waals surface area contributed by atoms with Gasteiger partial charge in [0.05, 0.1) is 28.3 Å². The first-order chi connectivity index (χ1) is 20.7. The van der Waals surface area contributed by atoms with Crippen molar-refractivity contribution in [3.8, 4) is 22.9 Å². The predicted molar refractivity (Wildman–Crippen MR) is 155 cm³/mol. The minimum Gasteiger partial charge on any atom is -0.480 e. The van der Waals surface area contributed by atoms with Gasteiger partial charge in [0, 0.05) is 60.5 Å². The summed E-state index contributed by atoms with van der Waals surface area (Å²) in [5.41, 5.74) is 2.08. The van der Waals surface area contributed by atoms with Crippen LogP contribution in [0.3, 0.4) is 0 Å². The molecule has 0 bridgehead atoms. The summed E-state index contributed by atoms with van der Waals surface area (Å²) in [6, 6.07) is 7.79. The average Bonchev–Trinajstić information content (AvgIpc) is 3.32. The minimum atomic E-state index is -1.45. The largest absolute Gasteiger partial charge is 0.480 e. The number of halogens is 3. The third kappa shape index (κ3) is 5.39. The quantitative estimate of drug-likeness (QED) is 0.226. The van der Waals surface area contributed by atoms with Crippen LogP contribution in [0.1, 0.15) is 24.7 Å². The number of hydrogen-bond acceptors (Lipinski definition) is 8. The zero-order valence-electron chi connectivity index (χ0n) is 22.8. The van der Waals surface area contributed by atoms with Crippen LogP contribution in [-0.4, -0.2) is 72.1 Å². The van der Waals surface area contributed by atoms with E-state index in [0.717, 1.165) is 0 Å². The van der Waals surface area contributed by atoms with Gasteiger partial charge in [-0.15, -0.1) is 0 Å². The number of aromatic nitrogens is 5. The normalized spacial score (nSPS) is 18.1. The Morgan fingerprint density at radius 2 is 1.98 bits per heavy atom. The molecule has 1 aliphatic rings. The van der Waals surface area contributed by atoms with Gasteiger partial charge in [0.1, 0.15) is 41.4 Å². The lowest BCUT2D eigenvalue weighted by molar-refractivity contribution is -0.145.